The average molecular weight is 352 g/mol. The SMILES string of the molecule is COc1ccc(CCC(=O)N2CCC3(CCC(OC)C3)C2)cc1Cl. The molecule has 1 aliphatic carbocycles. The Balaban J connectivity index is 1.52. The Kier molecular flexibility index (Phi) is 5.36. The van der Waals surface area contributed by atoms with Crippen LogP contribution in [-0.4, -0.2) is 44.2 Å². The molecule has 2 atom stereocenters. The Morgan fingerprint density at radius 3 is 2.88 bits per heavy atom. The minimum Gasteiger partial charge on any atom is -0.495 e. The summed E-state index contributed by atoms with van der Waals surface area (Å²) in [6.45, 7) is 1.79. The van der Waals surface area contributed by atoms with Crippen LogP contribution < -0.4 is 4.74 Å². The lowest BCUT2D eigenvalue weighted by Gasteiger charge is -2.24. The second kappa shape index (κ2) is 7.32. The van der Waals surface area contributed by atoms with Gasteiger partial charge in [-0.05, 0) is 55.2 Å². The van der Waals surface area contributed by atoms with Gasteiger partial charge in [0.25, 0.3) is 0 Å². The smallest absolute Gasteiger partial charge is 0.222 e. The highest BCUT2D eigenvalue weighted by molar-refractivity contribution is 6.32. The standard InChI is InChI=1S/C19H26ClNO3/c1-23-15-7-8-19(12-15)9-10-21(13-19)18(22)6-4-14-3-5-17(24-2)16(20)11-14/h3,5,11,15H,4,6-10,12-13H2,1-2H3. The zero-order valence-electron chi connectivity index (χ0n) is 14.5. The molecule has 1 aromatic carbocycles. The predicted molar refractivity (Wildman–Crippen MR) is 94.6 cm³/mol. The third-order valence-electron chi connectivity index (χ3n) is 5.63. The van der Waals surface area contributed by atoms with E-state index in [1.807, 2.05) is 23.1 Å². The van der Waals surface area contributed by atoms with Crippen LogP contribution in [0, 0.1) is 5.41 Å². The Morgan fingerprint density at radius 2 is 2.21 bits per heavy atom. The average Bonchev–Trinajstić information content (AvgIpc) is 3.20. The first kappa shape index (κ1) is 17.6. The van der Waals surface area contributed by atoms with Gasteiger partial charge in [0.05, 0.1) is 18.2 Å². The molecular formula is C19H26ClNO3. The summed E-state index contributed by atoms with van der Waals surface area (Å²) >= 11 is 6.15. The molecule has 2 fully saturated rings. The minimum atomic E-state index is 0.250. The third kappa shape index (κ3) is 3.70. The van der Waals surface area contributed by atoms with Crippen molar-refractivity contribution in [3.63, 3.8) is 0 Å². The highest BCUT2D eigenvalue weighted by Gasteiger charge is 2.45. The van der Waals surface area contributed by atoms with Gasteiger partial charge in [-0.25, -0.2) is 0 Å². The Hall–Kier alpha value is -1.26. The number of ether oxygens (including phenoxy) is 2. The van der Waals surface area contributed by atoms with Crippen LogP contribution in [0.2, 0.25) is 5.02 Å². The predicted octanol–water partition coefficient (Wildman–Crippen LogP) is 3.70. The van der Waals surface area contributed by atoms with Crippen molar-refractivity contribution in [1.82, 2.24) is 4.90 Å². The van der Waals surface area contributed by atoms with Crippen molar-refractivity contribution in [2.75, 3.05) is 27.3 Å². The summed E-state index contributed by atoms with van der Waals surface area (Å²) in [6.07, 6.45) is 6.15. The fourth-order valence-corrected chi connectivity index (χ4v) is 4.43. The number of aryl methyl sites for hydroxylation is 1. The van der Waals surface area contributed by atoms with Gasteiger partial charge in [-0.2, -0.15) is 0 Å². The van der Waals surface area contributed by atoms with Gasteiger partial charge in [0.1, 0.15) is 5.75 Å². The highest BCUT2D eigenvalue weighted by Crippen LogP contribution is 2.46. The molecule has 1 amide bonds. The Morgan fingerprint density at radius 1 is 1.38 bits per heavy atom. The van der Waals surface area contributed by atoms with Crippen LogP contribution in [0.5, 0.6) is 5.75 Å². The molecule has 24 heavy (non-hydrogen) atoms. The van der Waals surface area contributed by atoms with Crippen molar-refractivity contribution in [3.05, 3.63) is 28.8 Å². The fourth-order valence-electron chi connectivity index (χ4n) is 4.15. The molecule has 1 saturated carbocycles. The summed E-state index contributed by atoms with van der Waals surface area (Å²) in [5, 5.41) is 0.596. The number of nitrogens with zero attached hydrogens (tertiary/aromatic N) is 1. The lowest BCUT2D eigenvalue weighted by molar-refractivity contribution is -0.130. The second-order valence-corrected chi connectivity index (χ2v) is 7.54. The number of carbonyl (C=O) groups is 1. The van der Waals surface area contributed by atoms with E-state index in [1.165, 1.54) is 6.42 Å². The summed E-state index contributed by atoms with van der Waals surface area (Å²) in [4.78, 5) is 14.6. The summed E-state index contributed by atoms with van der Waals surface area (Å²) in [5.41, 5.74) is 1.38. The number of hydrogen-bond donors (Lipinski definition) is 0. The molecule has 1 heterocycles. The number of halogens is 1. The molecule has 0 bridgehead atoms. The van der Waals surface area contributed by atoms with E-state index < -0.39 is 0 Å². The molecule has 1 aliphatic heterocycles. The molecule has 1 aromatic rings. The molecule has 3 rings (SSSR count). The molecule has 0 N–H and O–H groups in total. The number of benzene rings is 1. The van der Waals surface area contributed by atoms with Gasteiger partial charge in [-0.1, -0.05) is 17.7 Å². The van der Waals surface area contributed by atoms with Crippen LogP contribution in [-0.2, 0) is 16.0 Å². The van der Waals surface area contributed by atoms with Crippen molar-refractivity contribution in [3.8, 4) is 5.75 Å². The van der Waals surface area contributed by atoms with E-state index in [4.69, 9.17) is 21.1 Å². The molecule has 132 valence electrons. The number of methoxy groups -OCH3 is 2. The molecule has 1 spiro atoms. The van der Waals surface area contributed by atoms with Crippen molar-refractivity contribution in [2.45, 2.75) is 44.6 Å². The van der Waals surface area contributed by atoms with E-state index in [2.05, 4.69) is 0 Å². The van der Waals surface area contributed by atoms with Crippen LogP contribution in [0.15, 0.2) is 18.2 Å². The van der Waals surface area contributed by atoms with Gasteiger partial charge < -0.3 is 14.4 Å². The number of likely N-dealkylation sites (tertiary alicyclic amines) is 1. The number of rotatable bonds is 5. The van der Waals surface area contributed by atoms with Gasteiger partial charge in [-0.15, -0.1) is 0 Å². The largest absolute Gasteiger partial charge is 0.495 e. The summed E-state index contributed by atoms with van der Waals surface area (Å²) < 4.78 is 10.7. The summed E-state index contributed by atoms with van der Waals surface area (Å²) in [5.74, 6) is 0.918. The number of amides is 1. The van der Waals surface area contributed by atoms with E-state index in [9.17, 15) is 4.79 Å². The van der Waals surface area contributed by atoms with E-state index in [0.29, 0.717) is 35.1 Å². The maximum absolute atomic E-state index is 12.6. The molecule has 2 unspecified atom stereocenters. The van der Waals surface area contributed by atoms with Crippen LogP contribution in [0.1, 0.15) is 37.7 Å². The Bertz CT molecular complexity index is 606. The molecule has 5 heteroatoms. The van der Waals surface area contributed by atoms with E-state index in [-0.39, 0.29) is 5.91 Å². The highest BCUT2D eigenvalue weighted by atomic mass is 35.5. The van der Waals surface area contributed by atoms with E-state index in [0.717, 1.165) is 37.9 Å². The molecule has 2 aliphatic rings. The molecule has 1 saturated heterocycles. The van der Waals surface area contributed by atoms with Gasteiger partial charge in [0, 0.05) is 26.6 Å². The van der Waals surface area contributed by atoms with Gasteiger partial charge in [0.15, 0.2) is 0 Å². The van der Waals surface area contributed by atoms with Crippen molar-refractivity contribution >= 4 is 17.5 Å². The van der Waals surface area contributed by atoms with Crippen molar-refractivity contribution in [1.29, 1.82) is 0 Å². The molecule has 0 aromatic heterocycles. The zero-order chi connectivity index (χ0) is 17.2. The zero-order valence-corrected chi connectivity index (χ0v) is 15.3. The lowest BCUT2D eigenvalue weighted by atomic mass is 9.85. The maximum Gasteiger partial charge on any atom is 0.222 e. The van der Waals surface area contributed by atoms with Crippen LogP contribution in [0.3, 0.4) is 0 Å². The fraction of sp³-hybridized carbons (Fsp3) is 0.632. The quantitative estimate of drug-likeness (QED) is 0.812. The van der Waals surface area contributed by atoms with Gasteiger partial charge >= 0.3 is 0 Å². The van der Waals surface area contributed by atoms with Crippen LogP contribution in [0.4, 0.5) is 0 Å². The molecule has 0 radical (unpaired) electrons. The topological polar surface area (TPSA) is 38.8 Å². The van der Waals surface area contributed by atoms with Gasteiger partial charge in [-0.3, -0.25) is 4.79 Å². The maximum atomic E-state index is 12.6. The van der Waals surface area contributed by atoms with Crippen molar-refractivity contribution < 1.29 is 14.3 Å². The molecule has 4 nitrogen and oxygen atoms in total. The lowest BCUT2D eigenvalue weighted by Crippen LogP contribution is -2.31. The number of hydrogen-bond acceptors (Lipinski definition) is 3. The third-order valence-corrected chi connectivity index (χ3v) is 5.92. The minimum absolute atomic E-state index is 0.250. The van der Waals surface area contributed by atoms with Crippen LogP contribution in [0.25, 0.3) is 0 Å². The first-order valence-electron chi connectivity index (χ1n) is 8.68. The Labute approximate surface area is 149 Å². The number of carbonyl (C=O) groups excluding carboxylic acids is 1. The summed E-state index contributed by atoms with van der Waals surface area (Å²) in [7, 11) is 3.40. The second-order valence-electron chi connectivity index (χ2n) is 7.13. The first-order chi connectivity index (χ1) is 11.5. The van der Waals surface area contributed by atoms with Gasteiger partial charge in [0.2, 0.25) is 5.91 Å². The van der Waals surface area contributed by atoms with E-state index in [1.54, 1.807) is 14.2 Å². The van der Waals surface area contributed by atoms with Crippen LogP contribution >= 0.6 is 11.6 Å². The summed E-state index contributed by atoms with van der Waals surface area (Å²) in [6, 6.07) is 5.72. The van der Waals surface area contributed by atoms with Crippen molar-refractivity contribution in [2.24, 2.45) is 5.41 Å². The normalized spacial score (nSPS) is 26.3. The molecular weight excluding hydrogens is 326 g/mol. The van der Waals surface area contributed by atoms with E-state index >= 15 is 0 Å². The monoisotopic (exact) mass is 351 g/mol. The first-order valence-corrected chi connectivity index (χ1v) is 9.06.